The Labute approximate surface area is 146 Å². The Morgan fingerprint density at radius 1 is 1.12 bits per heavy atom. The number of carboxylic acid groups (broad SMARTS) is 1. The summed E-state index contributed by atoms with van der Waals surface area (Å²) in [6.07, 6.45) is 7.52. The average Bonchev–Trinajstić information content (AvgIpc) is 2.56. The molecule has 0 bridgehead atoms. The second-order valence-corrected chi connectivity index (χ2v) is 6.86. The minimum absolute atomic E-state index is 0.0434. The van der Waals surface area contributed by atoms with E-state index < -0.39 is 5.97 Å². The van der Waals surface area contributed by atoms with E-state index in [0.29, 0.717) is 0 Å². The lowest BCUT2D eigenvalue weighted by molar-refractivity contribution is -0.143. The van der Waals surface area contributed by atoms with E-state index in [1.165, 1.54) is 24.0 Å². The van der Waals surface area contributed by atoms with Gasteiger partial charge in [-0.25, -0.2) is 0 Å². The highest BCUT2D eigenvalue weighted by molar-refractivity contribution is 5.95. The quantitative estimate of drug-likeness (QED) is 0.731. The van der Waals surface area contributed by atoms with Gasteiger partial charge in [0.25, 0.3) is 0 Å². The van der Waals surface area contributed by atoms with Crippen molar-refractivity contribution in [3.8, 4) is 0 Å². The maximum absolute atomic E-state index is 11.2. The molecule has 0 atom stereocenters. The van der Waals surface area contributed by atoms with Gasteiger partial charge in [0.2, 0.25) is 0 Å². The maximum Gasteiger partial charge on any atom is 0.306 e. The second-order valence-electron chi connectivity index (χ2n) is 6.86. The van der Waals surface area contributed by atoms with Gasteiger partial charge in [0.05, 0.1) is 5.92 Å². The monoisotopic (exact) mass is 332 g/mol. The number of aliphatic carboxylic acids is 1. The Kier molecular flexibility index (Phi) is 8.73. The summed E-state index contributed by atoms with van der Waals surface area (Å²) in [5, 5.41) is 8.75. The second kappa shape index (κ2) is 10.3. The van der Waals surface area contributed by atoms with Crippen molar-refractivity contribution in [2.75, 3.05) is 0 Å². The molecule has 0 aliphatic heterocycles. The molecule has 0 spiro atoms. The average molecular weight is 332 g/mol. The largest absolute Gasteiger partial charge is 0.481 e. The lowest BCUT2D eigenvalue weighted by Crippen LogP contribution is -2.21. The van der Waals surface area contributed by atoms with Gasteiger partial charge in [0.1, 0.15) is 0 Å². The van der Waals surface area contributed by atoms with E-state index in [9.17, 15) is 9.59 Å². The van der Waals surface area contributed by atoms with Crippen LogP contribution in [-0.2, 0) is 11.2 Å². The molecule has 1 aromatic rings. The third-order valence-electron chi connectivity index (χ3n) is 5.04. The van der Waals surface area contributed by atoms with E-state index in [-0.39, 0.29) is 11.7 Å². The molecule has 1 saturated carbocycles. The lowest BCUT2D eigenvalue weighted by Gasteiger charge is -2.25. The number of hydrogen-bond donors (Lipinski definition) is 1. The van der Waals surface area contributed by atoms with Crippen molar-refractivity contribution >= 4 is 11.8 Å². The van der Waals surface area contributed by atoms with E-state index in [1.54, 1.807) is 6.92 Å². The number of aryl methyl sites for hydroxylation is 1. The standard InChI is InChI=1S/C11H14O.C10H18O2/c1-4-10-8(2)6-5-7-11(10)9(3)12;1-2-3-8-4-6-9(7-5-8)10(11)12/h5-7H,4H2,1-3H3;8-9H,2-7H2,1H3,(H,11,12). The highest BCUT2D eigenvalue weighted by Crippen LogP contribution is 2.31. The van der Waals surface area contributed by atoms with Gasteiger partial charge in [0, 0.05) is 5.56 Å². The third-order valence-corrected chi connectivity index (χ3v) is 5.04. The first-order valence-electron chi connectivity index (χ1n) is 9.22. The van der Waals surface area contributed by atoms with Crippen molar-refractivity contribution in [1.29, 1.82) is 0 Å². The van der Waals surface area contributed by atoms with Crippen LogP contribution in [-0.4, -0.2) is 16.9 Å². The number of ketones is 1. The van der Waals surface area contributed by atoms with E-state index in [0.717, 1.165) is 43.6 Å². The van der Waals surface area contributed by atoms with Crippen LogP contribution in [0.15, 0.2) is 18.2 Å². The number of Topliss-reactive ketones (excluding diaryl/α,β-unsaturated/α-hetero) is 1. The Morgan fingerprint density at radius 2 is 1.75 bits per heavy atom. The first kappa shape index (κ1) is 20.4. The van der Waals surface area contributed by atoms with Crippen molar-refractivity contribution in [3.05, 3.63) is 34.9 Å². The first-order chi connectivity index (χ1) is 11.4. The molecule has 1 aliphatic rings. The highest BCUT2D eigenvalue weighted by atomic mass is 16.4. The fourth-order valence-electron chi connectivity index (χ4n) is 3.61. The Bertz CT molecular complexity index is 540. The molecule has 0 radical (unpaired) electrons. The van der Waals surface area contributed by atoms with Gasteiger partial charge in [-0.05, 0) is 63.0 Å². The molecule has 0 saturated heterocycles. The molecule has 1 N–H and O–H groups in total. The normalized spacial score (nSPS) is 20.0. The summed E-state index contributed by atoms with van der Waals surface area (Å²) in [4.78, 5) is 21.8. The molecule has 1 aliphatic carbocycles. The van der Waals surface area contributed by atoms with E-state index in [1.807, 2.05) is 25.1 Å². The maximum atomic E-state index is 11.2. The van der Waals surface area contributed by atoms with Crippen LogP contribution in [0.4, 0.5) is 0 Å². The summed E-state index contributed by atoms with van der Waals surface area (Å²) in [7, 11) is 0. The fourth-order valence-corrected chi connectivity index (χ4v) is 3.61. The number of carbonyl (C=O) groups is 2. The Balaban J connectivity index is 0.000000240. The molecule has 0 aromatic heterocycles. The fraction of sp³-hybridized carbons (Fsp3) is 0.619. The summed E-state index contributed by atoms with van der Waals surface area (Å²) in [5.41, 5.74) is 3.27. The summed E-state index contributed by atoms with van der Waals surface area (Å²) in [6.45, 7) is 7.94. The van der Waals surface area contributed by atoms with Crippen LogP contribution < -0.4 is 0 Å². The van der Waals surface area contributed by atoms with Gasteiger partial charge in [-0.15, -0.1) is 0 Å². The van der Waals surface area contributed by atoms with Crippen molar-refractivity contribution in [1.82, 2.24) is 0 Å². The van der Waals surface area contributed by atoms with Crippen molar-refractivity contribution < 1.29 is 14.7 Å². The van der Waals surface area contributed by atoms with Crippen LogP contribution in [0.25, 0.3) is 0 Å². The van der Waals surface area contributed by atoms with Gasteiger partial charge >= 0.3 is 5.97 Å². The number of rotatable bonds is 5. The molecule has 0 amide bonds. The van der Waals surface area contributed by atoms with Crippen LogP contribution in [0.1, 0.15) is 80.8 Å². The highest BCUT2D eigenvalue weighted by Gasteiger charge is 2.24. The molecule has 1 aromatic carbocycles. The van der Waals surface area contributed by atoms with Crippen molar-refractivity contribution in [2.24, 2.45) is 11.8 Å². The van der Waals surface area contributed by atoms with Crippen LogP contribution >= 0.6 is 0 Å². The molecule has 24 heavy (non-hydrogen) atoms. The topological polar surface area (TPSA) is 54.4 Å². The van der Waals surface area contributed by atoms with Gasteiger partial charge in [-0.3, -0.25) is 9.59 Å². The number of carboxylic acids is 1. The minimum atomic E-state index is -0.593. The zero-order valence-corrected chi connectivity index (χ0v) is 15.6. The number of hydrogen-bond acceptors (Lipinski definition) is 2. The van der Waals surface area contributed by atoms with Crippen LogP contribution in [0.3, 0.4) is 0 Å². The van der Waals surface area contributed by atoms with Crippen LogP contribution in [0.2, 0.25) is 0 Å². The molecule has 2 rings (SSSR count). The Morgan fingerprint density at radius 3 is 2.17 bits per heavy atom. The molecule has 0 unspecified atom stereocenters. The zero-order valence-electron chi connectivity index (χ0n) is 15.6. The molecule has 1 fully saturated rings. The smallest absolute Gasteiger partial charge is 0.306 e. The summed E-state index contributed by atoms with van der Waals surface area (Å²) >= 11 is 0. The van der Waals surface area contributed by atoms with Gasteiger partial charge in [-0.2, -0.15) is 0 Å². The molecule has 3 nitrogen and oxygen atoms in total. The number of benzene rings is 1. The molecular weight excluding hydrogens is 300 g/mol. The van der Waals surface area contributed by atoms with Crippen LogP contribution in [0.5, 0.6) is 0 Å². The molecule has 0 heterocycles. The zero-order chi connectivity index (χ0) is 18.1. The minimum Gasteiger partial charge on any atom is -0.481 e. The van der Waals surface area contributed by atoms with Gasteiger partial charge in [0.15, 0.2) is 5.78 Å². The molecular formula is C21H32O3. The van der Waals surface area contributed by atoms with E-state index >= 15 is 0 Å². The van der Waals surface area contributed by atoms with Crippen molar-refractivity contribution in [2.45, 2.75) is 72.6 Å². The number of carbonyl (C=O) groups excluding carboxylic acids is 1. The van der Waals surface area contributed by atoms with Gasteiger partial charge in [-0.1, -0.05) is 44.9 Å². The SMILES string of the molecule is CCCC1CCC(C(=O)O)CC1.CCc1c(C)cccc1C(C)=O. The lowest BCUT2D eigenvalue weighted by atomic mass is 9.80. The summed E-state index contributed by atoms with van der Waals surface area (Å²) in [5.74, 6) is 0.337. The predicted molar refractivity (Wildman–Crippen MR) is 98.6 cm³/mol. The van der Waals surface area contributed by atoms with E-state index in [2.05, 4.69) is 13.8 Å². The third kappa shape index (κ3) is 6.10. The first-order valence-corrected chi connectivity index (χ1v) is 9.22. The summed E-state index contributed by atoms with van der Waals surface area (Å²) in [6, 6.07) is 5.88. The van der Waals surface area contributed by atoms with Crippen LogP contribution in [0, 0.1) is 18.8 Å². The van der Waals surface area contributed by atoms with E-state index in [4.69, 9.17) is 5.11 Å². The Hall–Kier alpha value is -1.64. The summed E-state index contributed by atoms with van der Waals surface area (Å²) < 4.78 is 0. The van der Waals surface area contributed by atoms with Gasteiger partial charge < -0.3 is 5.11 Å². The molecule has 134 valence electrons. The molecule has 3 heteroatoms. The predicted octanol–water partition coefficient (Wildman–Crippen LogP) is 5.44. The van der Waals surface area contributed by atoms with Crippen molar-refractivity contribution in [3.63, 3.8) is 0 Å².